The molecule has 0 saturated carbocycles. The highest BCUT2D eigenvalue weighted by molar-refractivity contribution is 6.30. The predicted molar refractivity (Wildman–Crippen MR) is 70.8 cm³/mol. The average molecular weight is 261 g/mol. The molecule has 0 N–H and O–H groups in total. The Morgan fingerprint density at radius 3 is 2.89 bits per heavy atom. The van der Waals surface area contributed by atoms with Crippen LogP contribution in [0.15, 0.2) is 24.7 Å². The van der Waals surface area contributed by atoms with Gasteiger partial charge in [-0.15, -0.1) is 0 Å². The molecule has 0 radical (unpaired) electrons. The maximum absolute atomic E-state index is 6.12. The van der Waals surface area contributed by atoms with Crippen LogP contribution in [0.2, 0.25) is 5.15 Å². The highest BCUT2D eigenvalue weighted by Gasteiger charge is 2.20. The van der Waals surface area contributed by atoms with Gasteiger partial charge in [-0.05, 0) is 18.6 Å². The largest absolute Gasteiger partial charge is 0.352 e. The first-order valence-electron chi connectivity index (χ1n) is 5.90. The summed E-state index contributed by atoms with van der Waals surface area (Å²) >= 11 is 6.12. The summed E-state index contributed by atoms with van der Waals surface area (Å²) in [6, 6.07) is 4.11. The van der Waals surface area contributed by atoms with Crippen molar-refractivity contribution in [2.45, 2.75) is 19.9 Å². The maximum Gasteiger partial charge on any atom is 0.137 e. The Kier molecular flexibility index (Phi) is 2.88. The first kappa shape index (κ1) is 11.4. The van der Waals surface area contributed by atoms with E-state index in [4.69, 9.17) is 11.6 Å². The predicted octanol–water partition coefficient (Wildman–Crippen LogP) is 2.40. The van der Waals surface area contributed by atoms with Crippen LogP contribution >= 0.6 is 11.6 Å². The molecule has 0 atom stereocenters. The molecule has 3 heterocycles. The van der Waals surface area contributed by atoms with Crippen LogP contribution in [0.1, 0.15) is 16.8 Å². The monoisotopic (exact) mass is 260 g/mol. The van der Waals surface area contributed by atoms with E-state index in [0.29, 0.717) is 5.15 Å². The number of nitrogens with zero attached hydrogens (tertiary/aromatic N) is 4. The first-order valence-corrected chi connectivity index (χ1v) is 6.27. The third-order valence-electron chi connectivity index (χ3n) is 3.17. The van der Waals surface area contributed by atoms with E-state index in [1.165, 1.54) is 6.33 Å². The normalized spacial score (nSPS) is 14.4. The second-order valence-electron chi connectivity index (χ2n) is 4.46. The second-order valence-corrected chi connectivity index (χ2v) is 4.81. The molecule has 1 aliphatic heterocycles. The number of rotatable bonds is 1. The topological polar surface area (TPSA) is 41.9 Å². The second kappa shape index (κ2) is 4.53. The average Bonchev–Trinajstić information content (AvgIpc) is 2.40. The standard InChI is InChI=1S/C13H13ClN4/c1-9-2-3-12(15-6-9)18-5-4-11-10(7-18)13(14)17-8-16-11/h2-3,6,8H,4-5,7H2,1H3. The summed E-state index contributed by atoms with van der Waals surface area (Å²) in [5.41, 5.74) is 3.24. The van der Waals surface area contributed by atoms with Gasteiger partial charge in [-0.2, -0.15) is 0 Å². The molecule has 0 aliphatic carbocycles. The lowest BCUT2D eigenvalue weighted by atomic mass is 10.1. The van der Waals surface area contributed by atoms with Crippen molar-refractivity contribution >= 4 is 17.4 Å². The lowest BCUT2D eigenvalue weighted by Crippen LogP contribution is -2.32. The minimum absolute atomic E-state index is 0.553. The fraction of sp³-hybridized carbons (Fsp3) is 0.308. The number of pyridine rings is 1. The molecule has 0 bridgehead atoms. The Balaban J connectivity index is 1.90. The van der Waals surface area contributed by atoms with Gasteiger partial charge in [-0.1, -0.05) is 17.7 Å². The van der Waals surface area contributed by atoms with Crippen molar-refractivity contribution in [2.75, 3.05) is 11.4 Å². The molecular weight excluding hydrogens is 248 g/mol. The third kappa shape index (κ3) is 2.04. The molecular formula is C13H13ClN4. The van der Waals surface area contributed by atoms with E-state index in [2.05, 4.69) is 25.9 Å². The van der Waals surface area contributed by atoms with Crippen LogP contribution in [-0.4, -0.2) is 21.5 Å². The van der Waals surface area contributed by atoms with Crippen molar-refractivity contribution in [3.63, 3.8) is 0 Å². The number of aryl methyl sites for hydroxylation is 1. The summed E-state index contributed by atoms with van der Waals surface area (Å²) in [6.45, 7) is 3.68. The molecule has 0 unspecified atom stereocenters. The summed E-state index contributed by atoms with van der Waals surface area (Å²) in [5, 5.41) is 0.553. The lowest BCUT2D eigenvalue weighted by molar-refractivity contribution is 0.696. The van der Waals surface area contributed by atoms with Gasteiger partial charge < -0.3 is 4.90 Å². The zero-order chi connectivity index (χ0) is 12.5. The van der Waals surface area contributed by atoms with Gasteiger partial charge in [0.05, 0.1) is 5.69 Å². The quantitative estimate of drug-likeness (QED) is 0.739. The molecule has 0 saturated heterocycles. The molecule has 0 fully saturated rings. The minimum Gasteiger partial charge on any atom is -0.352 e. The van der Waals surface area contributed by atoms with Gasteiger partial charge in [0.1, 0.15) is 17.3 Å². The SMILES string of the molecule is Cc1ccc(N2CCc3ncnc(Cl)c3C2)nc1. The zero-order valence-corrected chi connectivity index (χ0v) is 10.9. The van der Waals surface area contributed by atoms with Crippen LogP contribution in [0.25, 0.3) is 0 Å². The van der Waals surface area contributed by atoms with Crippen molar-refractivity contribution in [3.8, 4) is 0 Å². The fourth-order valence-electron chi connectivity index (χ4n) is 2.15. The van der Waals surface area contributed by atoms with Crippen molar-refractivity contribution in [2.24, 2.45) is 0 Å². The Labute approximate surface area is 111 Å². The van der Waals surface area contributed by atoms with E-state index in [-0.39, 0.29) is 0 Å². The van der Waals surface area contributed by atoms with Gasteiger partial charge >= 0.3 is 0 Å². The summed E-state index contributed by atoms with van der Waals surface area (Å²) in [5.74, 6) is 0.978. The van der Waals surface area contributed by atoms with Crippen LogP contribution in [0.4, 0.5) is 5.82 Å². The summed E-state index contributed by atoms with van der Waals surface area (Å²) in [6.07, 6.45) is 4.29. The summed E-state index contributed by atoms with van der Waals surface area (Å²) in [7, 11) is 0. The van der Waals surface area contributed by atoms with Gasteiger partial charge in [-0.3, -0.25) is 0 Å². The minimum atomic E-state index is 0.553. The van der Waals surface area contributed by atoms with E-state index < -0.39 is 0 Å². The summed E-state index contributed by atoms with van der Waals surface area (Å²) in [4.78, 5) is 15.0. The van der Waals surface area contributed by atoms with Gasteiger partial charge in [0.25, 0.3) is 0 Å². The lowest BCUT2D eigenvalue weighted by Gasteiger charge is -2.29. The highest BCUT2D eigenvalue weighted by atomic mass is 35.5. The van der Waals surface area contributed by atoms with Crippen molar-refractivity contribution in [1.29, 1.82) is 0 Å². The van der Waals surface area contributed by atoms with E-state index in [1.54, 1.807) is 0 Å². The Morgan fingerprint density at radius 1 is 1.22 bits per heavy atom. The third-order valence-corrected chi connectivity index (χ3v) is 3.49. The van der Waals surface area contributed by atoms with Crippen LogP contribution in [-0.2, 0) is 13.0 Å². The number of aromatic nitrogens is 3. The van der Waals surface area contributed by atoms with Crippen LogP contribution in [0, 0.1) is 6.92 Å². The Bertz CT molecular complexity index is 568. The first-order chi connectivity index (χ1) is 8.74. The molecule has 0 aromatic carbocycles. The number of hydrogen-bond acceptors (Lipinski definition) is 4. The zero-order valence-electron chi connectivity index (χ0n) is 10.1. The smallest absolute Gasteiger partial charge is 0.137 e. The van der Waals surface area contributed by atoms with Crippen molar-refractivity contribution < 1.29 is 0 Å². The van der Waals surface area contributed by atoms with E-state index in [1.807, 2.05) is 19.2 Å². The number of hydrogen-bond donors (Lipinski definition) is 0. The molecule has 5 heteroatoms. The number of fused-ring (bicyclic) bond motifs is 1. The number of halogens is 1. The summed E-state index contributed by atoms with van der Waals surface area (Å²) < 4.78 is 0. The molecule has 2 aromatic heterocycles. The molecule has 2 aromatic rings. The van der Waals surface area contributed by atoms with Gasteiger partial charge in [0, 0.05) is 31.3 Å². The van der Waals surface area contributed by atoms with Crippen LogP contribution < -0.4 is 4.90 Å². The Morgan fingerprint density at radius 2 is 2.11 bits per heavy atom. The molecule has 0 spiro atoms. The van der Waals surface area contributed by atoms with E-state index in [0.717, 1.165) is 42.1 Å². The van der Waals surface area contributed by atoms with Crippen LogP contribution in [0.5, 0.6) is 0 Å². The maximum atomic E-state index is 6.12. The fourth-order valence-corrected chi connectivity index (χ4v) is 2.36. The van der Waals surface area contributed by atoms with Crippen molar-refractivity contribution in [1.82, 2.24) is 15.0 Å². The van der Waals surface area contributed by atoms with Crippen LogP contribution in [0.3, 0.4) is 0 Å². The molecule has 18 heavy (non-hydrogen) atoms. The van der Waals surface area contributed by atoms with E-state index in [9.17, 15) is 0 Å². The molecule has 0 amide bonds. The highest BCUT2D eigenvalue weighted by Crippen LogP contribution is 2.25. The Hall–Kier alpha value is -1.68. The van der Waals surface area contributed by atoms with Gasteiger partial charge in [0.15, 0.2) is 0 Å². The molecule has 1 aliphatic rings. The molecule has 4 nitrogen and oxygen atoms in total. The van der Waals surface area contributed by atoms with Gasteiger partial charge in [-0.25, -0.2) is 15.0 Å². The molecule has 92 valence electrons. The molecule has 3 rings (SSSR count). The van der Waals surface area contributed by atoms with Crippen molar-refractivity contribution in [3.05, 3.63) is 46.6 Å². The number of anilines is 1. The van der Waals surface area contributed by atoms with Gasteiger partial charge in [0.2, 0.25) is 0 Å². The van der Waals surface area contributed by atoms with E-state index >= 15 is 0 Å².